The number of urea groups is 1. The number of hydrogen-bond donors (Lipinski definition) is 1. The van der Waals surface area contributed by atoms with Gasteiger partial charge in [-0.15, -0.1) is 0 Å². The fourth-order valence-electron chi connectivity index (χ4n) is 4.28. The molecule has 0 unspecified atom stereocenters. The van der Waals surface area contributed by atoms with Gasteiger partial charge >= 0.3 is 6.03 Å². The van der Waals surface area contributed by atoms with Crippen LogP contribution in [0.25, 0.3) is 0 Å². The first kappa shape index (κ1) is 20.6. The molecule has 2 heterocycles. The molecule has 154 valence electrons. The molecule has 6 nitrogen and oxygen atoms in total. The zero-order valence-corrected chi connectivity index (χ0v) is 17.3. The first-order valence-corrected chi connectivity index (χ1v) is 10.7. The average Bonchev–Trinajstić information content (AvgIpc) is 2.74. The Morgan fingerprint density at radius 1 is 1.04 bits per heavy atom. The smallest absolute Gasteiger partial charge is 0.317 e. The number of amides is 3. The summed E-state index contributed by atoms with van der Waals surface area (Å²) in [6, 6.07) is 9.92. The van der Waals surface area contributed by atoms with Gasteiger partial charge in [0.25, 0.3) is 5.91 Å². The van der Waals surface area contributed by atoms with Gasteiger partial charge in [0.2, 0.25) is 0 Å². The molecule has 1 N–H and O–H groups in total. The van der Waals surface area contributed by atoms with Gasteiger partial charge in [0, 0.05) is 50.9 Å². The first-order chi connectivity index (χ1) is 13.6. The number of benzene rings is 1. The van der Waals surface area contributed by atoms with E-state index in [1.165, 1.54) is 6.42 Å². The van der Waals surface area contributed by atoms with E-state index >= 15 is 0 Å². The number of carbonyl (C=O) groups is 2. The molecular weight excluding hydrogens is 352 g/mol. The monoisotopic (exact) mass is 386 g/mol. The predicted molar refractivity (Wildman–Crippen MR) is 111 cm³/mol. The molecule has 2 fully saturated rings. The summed E-state index contributed by atoms with van der Waals surface area (Å²) in [4.78, 5) is 31.5. The van der Waals surface area contributed by atoms with Crippen LogP contribution < -0.4 is 5.32 Å². The fourth-order valence-corrected chi connectivity index (χ4v) is 4.28. The SMILES string of the molecule is CCCN1CCC(N(C)C(=O)NC2CCN(C(=O)c3ccccc3)CC2)CC1. The van der Waals surface area contributed by atoms with Crippen LogP contribution in [0, 0.1) is 0 Å². The Balaban J connectivity index is 1.42. The Bertz CT molecular complexity index is 635. The predicted octanol–water partition coefficient (Wildman–Crippen LogP) is 2.81. The van der Waals surface area contributed by atoms with E-state index in [2.05, 4.69) is 17.1 Å². The molecule has 3 amide bonds. The molecule has 0 radical (unpaired) electrons. The fraction of sp³-hybridized carbons (Fsp3) is 0.636. The van der Waals surface area contributed by atoms with Crippen LogP contribution in [-0.4, -0.2) is 78.5 Å². The minimum absolute atomic E-state index is 0.0294. The summed E-state index contributed by atoms with van der Waals surface area (Å²) in [5.74, 6) is 0.0846. The van der Waals surface area contributed by atoms with Crippen LogP contribution in [0.2, 0.25) is 0 Å². The Kier molecular flexibility index (Phi) is 7.31. The third-order valence-corrected chi connectivity index (χ3v) is 6.10. The molecule has 6 heteroatoms. The van der Waals surface area contributed by atoms with Crippen molar-refractivity contribution in [2.45, 2.75) is 51.1 Å². The van der Waals surface area contributed by atoms with E-state index in [9.17, 15) is 9.59 Å². The quantitative estimate of drug-likeness (QED) is 0.847. The van der Waals surface area contributed by atoms with Gasteiger partial charge in [-0.2, -0.15) is 0 Å². The number of likely N-dealkylation sites (tertiary alicyclic amines) is 2. The largest absolute Gasteiger partial charge is 0.338 e. The topological polar surface area (TPSA) is 55.9 Å². The van der Waals surface area contributed by atoms with Gasteiger partial charge in [0.15, 0.2) is 0 Å². The van der Waals surface area contributed by atoms with Gasteiger partial charge in [-0.05, 0) is 50.8 Å². The van der Waals surface area contributed by atoms with Crippen molar-refractivity contribution in [2.75, 3.05) is 39.8 Å². The lowest BCUT2D eigenvalue weighted by Crippen LogP contribution is -2.53. The Labute approximate surface area is 168 Å². The van der Waals surface area contributed by atoms with Crippen LogP contribution in [0.1, 0.15) is 49.4 Å². The van der Waals surface area contributed by atoms with Crippen LogP contribution in [0.4, 0.5) is 4.79 Å². The van der Waals surface area contributed by atoms with Crippen LogP contribution in [0.5, 0.6) is 0 Å². The lowest BCUT2D eigenvalue weighted by molar-refractivity contribution is 0.0704. The number of carbonyl (C=O) groups excluding carboxylic acids is 2. The van der Waals surface area contributed by atoms with Crippen molar-refractivity contribution in [3.05, 3.63) is 35.9 Å². The Morgan fingerprint density at radius 3 is 2.29 bits per heavy atom. The lowest BCUT2D eigenvalue weighted by atomic mass is 10.0. The molecule has 3 rings (SSSR count). The van der Waals surface area contributed by atoms with Crippen molar-refractivity contribution in [3.8, 4) is 0 Å². The zero-order valence-electron chi connectivity index (χ0n) is 17.3. The summed E-state index contributed by atoms with van der Waals surface area (Å²) >= 11 is 0. The zero-order chi connectivity index (χ0) is 19.9. The highest BCUT2D eigenvalue weighted by atomic mass is 16.2. The molecule has 2 saturated heterocycles. The van der Waals surface area contributed by atoms with Crippen molar-refractivity contribution < 1.29 is 9.59 Å². The van der Waals surface area contributed by atoms with Gasteiger partial charge in [-0.25, -0.2) is 4.79 Å². The summed E-state index contributed by atoms with van der Waals surface area (Å²) in [7, 11) is 1.92. The molecule has 0 bridgehead atoms. The van der Waals surface area contributed by atoms with E-state index in [1.807, 2.05) is 47.2 Å². The molecule has 1 aromatic carbocycles. The maximum absolute atomic E-state index is 12.7. The van der Waals surface area contributed by atoms with Crippen molar-refractivity contribution in [2.24, 2.45) is 0 Å². The third-order valence-electron chi connectivity index (χ3n) is 6.10. The average molecular weight is 387 g/mol. The number of nitrogens with zero attached hydrogens (tertiary/aromatic N) is 3. The third kappa shape index (κ3) is 5.25. The second-order valence-electron chi connectivity index (χ2n) is 8.07. The maximum Gasteiger partial charge on any atom is 0.317 e. The van der Waals surface area contributed by atoms with Gasteiger partial charge in [-0.1, -0.05) is 25.1 Å². The molecule has 0 aromatic heterocycles. The number of piperidine rings is 2. The van der Waals surface area contributed by atoms with Crippen LogP contribution >= 0.6 is 0 Å². The molecule has 0 aliphatic carbocycles. The summed E-state index contributed by atoms with van der Waals surface area (Å²) in [5, 5.41) is 3.19. The van der Waals surface area contributed by atoms with Crippen LogP contribution in [0.3, 0.4) is 0 Å². The minimum atomic E-state index is 0.0294. The molecule has 0 atom stereocenters. The summed E-state index contributed by atoms with van der Waals surface area (Å²) < 4.78 is 0. The maximum atomic E-state index is 12.7. The molecular formula is C22H34N4O2. The van der Waals surface area contributed by atoms with Crippen LogP contribution in [0.15, 0.2) is 30.3 Å². The standard InChI is InChI=1S/C22H34N4O2/c1-3-13-25-14-11-20(12-15-25)24(2)22(28)23-19-9-16-26(17-10-19)21(27)18-7-5-4-6-8-18/h4-8,19-20H,3,9-17H2,1-2H3,(H,23,28). The van der Waals surface area contributed by atoms with Crippen molar-refractivity contribution in [1.29, 1.82) is 0 Å². The Morgan fingerprint density at radius 2 is 1.68 bits per heavy atom. The second-order valence-corrected chi connectivity index (χ2v) is 8.07. The van der Waals surface area contributed by atoms with Crippen molar-refractivity contribution >= 4 is 11.9 Å². The van der Waals surface area contributed by atoms with Crippen LogP contribution in [-0.2, 0) is 0 Å². The summed E-state index contributed by atoms with van der Waals surface area (Å²) in [6.45, 7) is 6.91. The minimum Gasteiger partial charge on any atom is -0.338 e. The highest BCUT2D eigenvalue weighted by Crippen LogP contribution is 2.18. The number of hydrogen-bond acceptors (Lipinski definition) is 3. The van der Waals surface area contributed by atoms with E-state index in [0.29, 0.717) is 19.1 Å². The summed E-state index contributed by atoms with van der Waals surface area (Å²) in [6.07, 6.45) is 4.91. The molecule has 2 aliphatic heterocycles. The molecule has 2 aliphatic rings. The lowest BCUT2D eigenvalue weighted by Gasteiger charge is -2.38. The van der Waals surface area contributed by atoms with E-state index in [4.69, 9.17) is 0 Å². The highest BCUT2D eigenvalue weighted by Gasteiger charge is 2.28. The van der Waals surface area contributed by atoms with E-state index in [-0.39, 0.29) is 18.0 Å². The van der Waals surface area contributed by atoms with Crippen molar-refractivity contribution in [1.82, 2.24) is 20.0 Å². The molecule has 0 spiro atoms. The number of rotatable bonds is 5. The second kappa shape index (κ2) is 9.92. The van der Waals surface area contributed by atoms with E-state index in [1.54, 1.807) is 0 Å². The van der Waals surface area contributed by atoms with Gasteiger partial charge < -0.3 is 20.0 Å². The van der Waals surface area contributed by atoms with Gasteiger partial charge in [-0.3, -0.25) is 4.79 Å². The molecule has 28 heavy (non-hydrogen) atoms. The van der Waals surface area contributed by atoms with Crippen molar-refractivity contribution in [3.63, 3.8) is 0 Å². The molecule has 1 aromatic rings. The Hall–Kier alpha value is -2.08. The summed E-state index contributed by atoms with van der Waals surface area (Å²) in [5.41, 5.74) is 0.735. The first-order valence-electron chi connectivity index (χ1n) is 10.7. The van der Waals surface area contributed by atoms with Gasteiger partial charge in [0.1, 0.15) is 0 Å². The van der Waals surface area contributed by atoms with E-state index in [0.717, 1.165) is 50.9 Å². The molecule has 0 saturated carbocycles. The van der Waals surface area contributed by atoms with Gasteiger partial charge in [0.05, 0.1) is 0 Å². The number of nitrogens with one attached hydrogen (secondary N) is 1. The highest BCUT2D eigenvalue weighted by molar-refractivity contribution is 5.94. The normalized spacial score (nSPS) is 19.4. The van der Waals surface area contributed by atoms with E-state index < -0.39 is 0 Å².